The molecule has 0 bridgehead atoms. The van der Waals surface area contributed by atoms with Crippen LogP contribution in [-0.4, -0.2) is 24.3 Å². The Morgan fingerprint density at radius 2 is 2.41 bits per heavy atom. The number of nitrogens with zero attached hydrogens (tertiary/aromatic N) is 2. The number of aromatic nitrogens is 1. The van der Waals surface area contributed by atoms with E-state index in [9.17, 15) is 0 Å². The van der Waals surface area contributed by atoms with Crippen molar-refractivity contribution in [3.05, 3.63) is 22.8 Å². The molecule has 90 valence electrons. The van der Waals surface area contributed by atoms with Crippen LogP contribution in [0.1, 0.15) is 24.8 Å². The van der Waals surface area contributed by atoms with Crippen LogP contribution in [0.25, 0.3) is 0 Å². The van der Waals surface area contributed by atoms with Crippen molar-refractivity contribution in [2.24, 2.45) is 0 Å². The van der Waals surface area contributed by atoms with E-state index in [0.717, 1.165) is 19.4 Å². The van der Waals surface area contributed by atoms with Crippen LogP contribution in [0.3, 0.4) is 0 Å². The van der Waals surface area contributed by atoms with Crippen LogP contribution in [-0.2, 0) is 4.74 Å². The molecule has 1 unspecified atom stereocenters. The molecule has 1 atom stereocenters. The number of pyridine rings is 1. The van der Waals surface area contributed by atoms with Gasteiger partial charge in [-0.1, -0.05) is 11.6 Å². The van der Waals surface area contributed by atoms with E-state index < -0.39 is 0 Å². The lowest BCUT2D eigenvalue weighted by atomic mass is 10.1. The normalized spacial score (nSPS) is 19.6. The van der Waals surface area contributed by atoms with Gasteiger partial charge in [-0.15, -0.1) is 0 Å². The fourth-order valence-electron chi connectivity index (χ4n) is 1.73. The third kappa shape index (κ3) is 3.58. The molecule has 2 heterocycles. The van der Waals surface area contributed by atoms with Crippen molar-refractivity contribution in [1.29, 1.82) is 5.26 Å². The summed E-state index contributed by atoms with van der Waals surface area (Å²) in [7, 11) is 0. The number of hydrogen-bond donors (Lipinski definition) is 0. The van der Waals surface area contributed by atoms with Crippen LogP contribution in [0.4, 0.5) is 0 Å². The first-order valence-electron chi connectivity index (χ1n) is 5.60. The molecule has 1 aliphatic heterocycles. The smallest absolute Gasteiger partial charge is 0.216 e. The molecule has 0 radical (unpaired) electrons. The van der Waals surface area contributed by atoms with Crippen molar-refractivity contribution in [1.82, 2.24) is 4.98 Å². The standard InChI is InChI=1S/C12H13ClN2O2/c13-11-5-9(7-14)6-12(15-11)17-8-10-3-1-2-4-16-10/h5-6,10H,1-4,8H2. The van der Waals surface area contributed by atoms with Gasteiger partial charge in [-0.2, -0.15) is 5.26 Å². The maximum absolute atomic E-state index is 8.79. The zero-order valence-electron chi connectivity index (χ0n) is 9.36. The largest absolute Gasteiger partial charge is 0.475 e. The van der Waals surface area contributed by atoms with E-state index in [1.807, 2.05) is 6.07 Å². The Labute approximate surface area is 105 Å². The fraction of sp³-hybridized carbons (Fsp3) is 0.500. The molecule has 0 amide bonds. The van der Waals surface area contributed by atoms with E-state index in [1.165, 1.54) is 12.5 Å². The van der Waals surface area contributed by atoms with Crippen molar-refractivity contribution in [2.75, 3.05) is 13.2 Å². The van der Waals surface area contributed by atoms with Gasteiger partial charge in [-0.05, 0) is 25.3 Å². The molecule has 2 rings (SSSR count). The zero-order valence-corrected chi connectivity index (χ0v) is 10.1. The average Bonchev–Trinajstić information content (AvgIpc) is 2.37. The second-order valence-corrected chi connectivity index (χ2v) is 4.32. The Balaban J connectivity index is 1.94. The molecule has 0 saturated carbocycles. The Bertz CT molecular complexity index is 425. The molecule has 1 fully saturated rings. The molecular weight excluding hydrogens is 240 g/mol. The molecule has 1 aromatic heterocycles. The zero-order chi connectivity index (χ0) is 12.1. The van der Waals surface area contributed by atoms with Crippen LogP contribution in [0.2, 0.25) is 5.15 Å². The Morgan fingerprint density at radius 3 is 3.12 bits per heavy atom. The predicted octanol–water partition coefficient (Wildman–Crippen LogP) is 2.55. The number of nitriles is 1. The van der Waals surface area contributed by atoms with Crippen molar-refractivity contribution in [3.8, 4) is 11.9 Å². The van der Waals surface area contributed by atoms with E-state index in [2.05, 4.69) is 4.98 Å². The van der Waals surface area contributed by atoms with Crippen LogP contribution in [0.5, 0.6) is 5.88 Å². The molecular formula is C12H13ClN2O2. The molecule has 4 nitrogen and oxygen atoms in total. The van der Waals surface area contributed by atoms with Gasteiger partial charge in [-0.3, -0.25) is 0 Å². The second-order valence-electron chi connectivity index (χ2n) is 3.93. The second kappa shape index (κ2) is 5.85. The summed E-state index contributed by atoms with van der Waals surface area (Å²) in [6, 6.07) is 5.09. The van der Waals surface area contributed by atoms with Gasteiger partial charge in [0.2, 0.25) is 5.88 Å². The number of hydrogen-bond acceptors (Lipinski definition) is 4. The highest BCUT2D eigenvalue weighted by atomic mass is 35.5. The van der Waals surface area contributed by atoms with Crippen molar-refractivity contribution in [3.63, 3.8) is 0 Å². The maximum Gasteiger partial charge on any atom is 0.216 e. The summed E-state index contributed by atoms with van der Waals surface area (Å²) in [6.07, 6.45) is 3.41. The summed E-state index contributed by atoms with van der Waals surface area (Å²) in [5, 5.41) is 9.05. The van der Waals surface area contributed by atoms with E-state index in [1.54, 1.807) is 6.07 Å². The van der Waals surface area contributed by atoms with Crippen molar-refractivity contribution in [2.45, 2.75) is 25.4 Å². The first-order chi connectivity index (χ1) is 8.28. The molecule has 0 aromatic carbocycles. The molecule has 0 N–H and O–H groups in total. The number of halogens is 1. The van der Waals surface area contributed by atoms with Crippen LogP contribution in [0, 0.1) is 11.3 Å². The maximum atomic E-state index is 8.79. The van der Waals surface area contributed by atoms with Crippen molar-refractivity contribution < 1.29 is 9.47 Å². The Kier molecular flexibility index (Phi) is 4.18. The predicted molar refractivity (Wildman–Crippen MR) is 63.0 cm³/mol. The molecule has 17 heavy (non-hydrogen) atoms. The van der Waals surface area contributed by atoms with Crippen LogP contribution < -0.4 is 4.74 Å². The van der Waals surface area contributed by atoms with E-state index in [-0.39, 0.29) is 11.3 Å². The summed E-state index contributed by atoms with van der Waals surface area (Å²) < 4.78 is 11.0. The third-order valence-corrected chi connectivity index (χ3v) is 2.78. The lowest BCUT2D eigenvalue weighted by Gasteiger charge is -2.22. The topological polar surface area (TPSA) is 55.1 Å². The monoisotopic (exact) mass is 252 g/mol. The first-order valence-corrected chi connectivity index (χ1v) is 5.98. The minimum absolute atomic E-state index is 0.120. The average molecular weight is 253 g/mol. The highest BCUT2D eigenvalue weighted by molar-refractivity contribution is 6.29. The minimum atomic E-state index is 0.120. The summed E-state index contributed by atoms with van der Waals surface area (Å²) in [4.78, 5) is 4.00. The van der Waals surface area contributed by atoms with Gasteiger partial charge in [-0.25, -0.2) is 4.98 Å². The molecule has 0 spiro atoms. The van der Waals surface area contributed by atoms with Gasteiger partial charge in [0.1, 0.15) is 11.8 Å². The molecule has 1 saturated heterocycles. The Hall–Kier alpha value is -1.31. The van der Waals surface area contributed by atoms with Crippen molar-refractivity contribution >= 4 is 11.6 Å². The highest BCUT2D eigenvalue weighted by Gasteiger charge is 2.14. The lowest BCUT2D eigenvalue weighted by Crippen LogP contribution is -2.26. The summed E-state index contributed by atoms with van der Waals surface area (Å²) >= 11 is 5.78. The third-order valence-electron chi connectivity index (χ3n) is 2.59. The molecule has 5 heteroatoms. The van der Waals surface area contributed by atoms with Gasteiger partial charge < -0.3 is 9.47 Å². The summed E-state index contributed by atoms with van der Waals surface area (Å²) in [5.74, 6) is 0.378. The highest BCUT2D eigenvalue weighted by Crippen LogP contribution is 2.18. The van der Waals surface area contributed by atoms with Crippen LogP contribution in [0.15, 0.2) is 12.1 Å². The first kappa shape index (κ1) is 12.2. The van der Waals surface area contributed by atoms with E-state index in [4.69, 9.17) is 26.3 Å². The van der Waals surface area contributed by atoms with Gasteiger partial charge in [0.15, 0.2) is 0 Å². The SMILES string of the molecule is N#Cc1cc(Cl)nc(OCC2CCCCO2)c1. The minimum Gasteiger partial charge on any atom is -0.475 e. The summed E-state index contributed by atoms with van der Waals surface area (Å²) in [6.45, 7) is 1.25. The van der Waals surface area contributed by atoms with Gasteiger partial charge >= 0.3 is 0 Å². The van der Waals surface area contributed by atoms with Gasteiger partial charge in [0, 0.05) is 12.7 Å². The van der Waals surface area contributed by atoms with Gasteiger partial charge in [0.05, 0.1) is 17.7 Å². The fourth-order valence-corrected chi connectivity index (χ4v) is 1.93. The van der Waals surface area contributed by atoms with Gasteiger partial charge in [0.25, 0.3) is 0 Å². The number of ether oxygens (including phenoxy) is 2. The molecule has 0 aliphatic carbocycles. The number of rotatable bonds is 3. The van der Waals surface area contributed by atoms with E-state index >= 15 is 0 Å². The van der Waals surface area contributed by atoms with E-state index in [0.29, 0.717) is 18.1 Å². The summed E-state index contributed by atoms with van der Waals surface area (Å²) in [5.41, 5.74) is 0.449. The molecule has 1 aromatic rings. The van der Waals surface area contributed by atoms with Crippen LogP contribution >= 0.6 is 11.6 Å². The lowest BCUT2D eigenvalue weighted by molar-refractivity contribution is -0.0119. The Morgan fingerprint density at radius 1 is 1.53 bits per heavy atom. The quantitative estimate of drug-likeness (QED) is 0.776. The molecule has 1 aliphatic rings.